The van der Waals surface area contributed by atoms with Crippen LogP contribution in [0.1, 0.15) is 59.8 Å². The first-order valence-electron chi connectivity index (χ1n) is 7.57. The molecule has 4 nitrogen and oxygen atoms in total. The molecule has 0 aromatic rings. The van der Waals surface area contributed by atoms with Gasteiger partial charge in [0, 0.05) is 5.54 Å². The average molecular weight is 266 g/mol. The number of carbonyl (C=O) groups is 2. The van der Waals surface area contributed by atoms with Crippen molar-refractivity contribution >= 4 is 11.8 Å². The number of hydrogen-bond acceptors (Lipinski definition) is 2. The largest absolute Gasteiger partial charge is 0.343 e. The minimum atomic E-state index is -0.321. The fourth-order valence-electron chi connectivity index (χ4n) is 3.29. The van der Waals surface area contributed by atoms with Crippen molar-refractivity contribution < 1.29 is 9.59 Å². The first kappa shape index (κ1) is 14.4. The molecule has 2 aliphatic rings. The Morgan fingerprint density at radius 3 is 2.37 bits per heavy atom. The summed E-state index contributed by atoms with van der Waals surface area (Å²) in [5.74, 6) is 0.693. The molecule has 1 saturated heterocycles. The van der Waals surface area contributed by atoms with Crippen molar-refractivity contribution in [2.45, 2.75) is 77.4 Å². The van der Waals surface area contributed by atoms with E-state index in [4.69, 9.17) is 0 Å². The Morgan fingerprint density at radius 2 is 1.89 bits per heavy atom. The SMILES string of the molecule is CCCC1NC(=O)C(CC)N(C(C)(C)C2CC2)C1=O. The standard InChI is InChI=1S/C15H26N2O2/c1-5-7-11-14(19)17(12(6-2)13(18)16-11)15(3,4)10-8-9-10/h10-12H,5-9H2,1-4H3,(H,16,18). The van der Waals surface area contributed by atoms with Crippen molar-refractivity contribution in [3.05, 3.63) is 0 Å². The van der Waals surface area contributed by atoms with E-state index in [0.717, 1.165) is 12.8 Å². The molecular weight excluding hydrogens is 240 g/mol. The van der Waals surface area contributed by atoms with Crippen LogP contribution in [0.4, 0.5) is 0 Å². The Balaban J connectivity index is 2.28. The van der Waals surface area contributed by atoms with Crippen molar-refractivity contribution in [2.75, 3.05) is 0 Å². The van der Waals surface area contributed by atoms with Crippen LogP contribution in [-0.2, 0) is 9.59 Å². The third-order valence-corrected chi connectivity index (χ3v) is 4.63. The Bertz CT molecular complexity index is 374. The van der Waals surface area contributed by atoms with Gasteiger partial charge in [-0.25, -0.2) is 0 Å². The Kier molecular flexibility index (Phi) is 3.88. The maximum Gasteiger partial charge on any atom is 0.246 e. The molecule has 108 valence electrons. The second-order valence-electron chi connectivity index (χ2n) is 6.41. The maximum absolute atomic E-state index is 12.7. The molecule has 0 aromatic carbocycles. The van der Waals surface area contributed by atoms with Gasteiger partial charge in [-0.1, -0.05) is 20.3 Å². The predicted octanol–water partition coefficient (Wildman–Crippen LogP) is 2.08. The smallest absolute Gasteiger partial charge is 0.246 e. The van der Waals surface area contributed by atoms with Crippen molar-refractivity contribution in [3.63, 3.8) is 0 Å². The Labute approximate surface area is 115 Å². The summed E-state index contributed by atoms with van der Waals surface area (Å²) in [5.41, 5.74) is -0.193. The van der Waals surface area contributed by atoms with Gasteiger partial charge in [-0.05, 0) is 45.4 Å². The number of amides is 2. The summed E-state index contributed by atoms with van der Waals surface area (Å²) in [4.78, 5) is 26.9. The number of rotatable bonds is 5. The molecule has 2 rings (SSSR count). The monoisotopic (exact) mass is 266 g/mol. The molecule has 1 aliphatic carbocycles. The third-order valence-electron chi connectivity index (χ3n) is 4.63. The molecule has 2 fully saturated rings. The fraction of sp³-hybridized carbons (Fsp3) is 0.867. The van der Waals surface area contributed by atoms with Gasteiger partial charge in [0.25, 0.3) is 0 Å². The van der Waals surface area contributed by atoms with Gasteiger partial charge >= 0.3 is 0 Å². The molecule has 2 unspecified atom stereocenters. The summed E-state index contributed by atoms with van der Waals surface area (Å²) < 4.78 is 0. The van der Waals surface area contributed by atoms with Crippen molar-refractivity contribution in [3.8, 4) is 0 Å². The Morgan fingerprint density at radius 1 is 1.26 bits per heavy atom. The van der Waals surface area contributed by atoms with E-state index in [-0.39, 0.29) is 29.4 Å². The Hall–Kier alpha value is -1.06. The van der Waals surface area contributed by atoms with Crippen LogP contribution in [0, 0.1) is 5.92 Å². The van der Waals surface area contributed by atoms with E-state index < -0.39 is 0 Å². The topological polar surface area (TPSA) is 49.4 Å². The lowest BCUT2D eigenvalue weighted by molar-refractivity contribution is -0.157. The quantitative estimate of drug-likeness (QED) is 0.828. The van der Waals surface area contributed by atoms with Gasteiger partial charge in [0.1, 0.15) is 12.1 Å². The molecule has 1 saturated carbocycles. The first-order valence-corrected chi connectivity index (χ1v) is 7.57. The number of hydrogen-bond donors (Lipinski definition) is 1. The van der Waals surface area contributed by atoms with Crippen molar-refractivity contribution in [1.82, 2.24) is 10.2 Å². The van der Waals surface area contributed by atoms with Gasteiger partial charge in [-0.3, -0.25) is 9.59 Å². The molecule has 0 aromatic heterocycles. The lowest BCUT2D eigenvalue weighted by atomic mass is 9.89. The molecule has 0 spiro atoms. The zero-order chi connectivity index (χ0) is 14.2. The highest BCUT2D eigenvalue weighted by molar-refractivity contribution is 5.97. The number of piperazine rings is 1. The van der Waals surface area contributed by atoms with Gasteiger partial charge in [0.15, 0.2) is 0 Å². The molecule has 19 heavy (non-hydrogen) atoms. The van der Waals surface area contributed by atoms with Crippen molar-refractivity contribution in [2.24, 2.45) is 5.92 Å². The van der Waals surface area contributed by atoms with E-state index in [0.29, 0.717) is 12.3 Å². The van der Waals surface area contributed by atoms with E-state index >= 15 is 0 Å². The normalized spacial score (nSPS) is 28.5. The van der Waals surface area contributed by atoms with E-state index in [1.807, 2.05) is 18.7 Å². The highest BCUT2D eigenvalue weighted by atomic mass is 16.2. The van der Waals surface area contributed by atoms with E-state index in [9.17, 15) is 9.59 Å². The van der Waals surface area contributed by atoms with Crippen LogP contribution in [-0.4, -0.2) is 34.3 Å². The summed E-state index contributed by atoms with van der Waals surface area (Å²) in [6.07, 6.45) is 4.68. The first-order chi connectivity index (χ1) is 8.93. The summed E-state index contributed by atoms with van der Waals surface area (Å²) >= 11 is 0. The molecule has 0 bridgehead atoms. The van der Waals surface area contributed by atoms with E-state index in [2.05, 4.69) is 19.2 Å². The van der Waals surface area contributed by atoms with Crippen LogP contribution < -0.4 is 5.32 Å². The molecule has 1 N–H and O–H groups in total. The summed E-state index contributed by atoms with van der Waals surface area (Å²) in [6.45, 7) is 8.26. The number of nitrogens with one attached hydrogen (secondary N) is 1. The second-order valence-corrected chi connectivity index (χ2v) is 6.41. The van der Waals surface area contributed by atoms with Crippen LogP contribution >= 0.6 is 0 Å². The zero-order valence-corrected chi connectivity index (χ0v) is 12.5. The second kappa shape index (κ2) is 5.14. The third kappa shape index (κ3) is 2.49. The molecule has 1 heterocycles. The van der Waals surface area contributed by atoms with Gasteiger partial charge in [0.2, 0.25) is 11.8 Å². The van der Waals surface area contributed by atoms with Gasteiger partial charge in [-0.2, -0.15) is 0 Å². The molecule has 2 atom stereocenters. The van der Waals surface area contributed by atoms with Gasteiger partial charge in [-0.15, -0.1) is 0 Å². The van der Waals surface area contributed by atoms with Crippen LogP contribution in [0.5, 0.6) is 0 Å². The predicted molar refractivity (Wildman–Crippen MR) is 74.6 cm³/mol. The fourth-order valence-corrected chi connectivity index (χ4v) is 3.29. The molecule has 2 amide bonds. The molecule has 1 aliphatic heterocycles. The highest BCUT2D eigenvalue weighted by Crippen LogP contribution is 2.44. The average Bonchev–Trinajstić information content (AvgIpc) is 3.17. The van der Waals surface area contributed by atoms with Gasteiger partial charge in [0.05, 0.1) is 0 Å². The number of nitrogens with zero attached hydrogens (tertiary/aromatic N) is 1. The molecule has 4 heteroatoms. The van der Waals surface area contributed by atoms with Crippen LogP contribution in [0.2, 0.25) is 0 Å². The van der Waals surface area contributed by atoms with Crippen LogP contribution in [0.15, 0.2) is 0 Å². The van der Waals surface area contributed by atoms with Crippen LogP contribution in [0.3, 0.4) is 0 Å². The van der Waals surface area contributed by atoms with E-state index in [1.165, 1.54) is 12.8 Å². The maximum atomic E-state index is 12.7. The van der Waals surface area contributed by atoms with Gasteiger partial charge < -0.3 is 10.2 Å². The molecular formula is C15H26N2O2. The van der Waals surface area contributed by atoms with Crippen molar-refractivity contribution in [1.29, 1.82) is 0 Å². The minimum absolute atomic E-state index is 0.0225. The minimum Gasteiger partial charge on any atom is -0.343 e. The summed E-state index contributed by atoms with van der Waals surface area (Å²) in [5, 5.41) is 2.90. The van der Waals surface area contributed by atoms with E-state index in [1.54, 1.807) is 0 Å². The zero-order valence-electron chi connectivity index (χ0n) is 12.5. The lowest BCUT2D eigenvalue weighted by Crippen LogP contribution is -2.68. The number of carbonyl (C=O) groups excluding carboxylic acids is 2. The highest BCUT2D eigenvalue weighted by Gasteiger charge is 2.51. The molecule has 0 radical (unpaired) electrons. The summed E-state index contributed by atoms with van der Waals surface area (Å²) in [7, 11) is 0. The van der Waals surface area contributed by atoms with Crippen LogP contribution in [0.25, 0.3) is 0 Å². The summed E-state index contributed by atoms with van der Waals surface area (Å²) in [6, 6.07) is -0.616. The lowest BCUT2D eigenvalue weighted by Gasteiger charge is -2.48.